The third kappa shape index (κ3) is 6.44. The molecule has 0 unspecified atom stereocenters. The molecule has 2 rings (SSSR count). The van der Waals surface area contributed by atoms with E-state index >= 15 is 0 Å². The summed E-state index contributed by atoms with van der Waals surface area (Å²) < 4.78 is 5.14. The van der Waals surface area contributed by atoms with Gasteiger partial charge in [0.25, 0.3) is 0 Å². The van der Waals surface area contributed by atoms with E-state index in [4.69, 9.17) is 4.74 Å². The third-order valence-corrected chi connectivity index (χ3v) is 3.90. The summed E-state index contributed by atoms with van der Waals surface area (Å²) in [7, 11) is 1.63. The van der Waals surface area contributed by atoms with Gasteiger partial charge >= 0.3 is 0 Å². The Kier molecular flexibility index (Phi) is 7.66. The van der Waals surface area contributed by atoms with Crippen molar-refractivity contribution in [3.63, 3.8) is 0 Å². The average Bonchev–Trinajstić information content (AvgIpc) is 2.61. The normalized spacial score (nSPS) is 16.2. The molecule has 2 N–H and O–H groups in total. The number of rotatable bonds is 7. The Morgan fingerprint density at radius 2 is 2.09 bits per heavy atom. The summed E-state index contributed by atoms with van der Waals surface area (Å²) in [4.78, 5) is 11.5. The second-order valence-electron chi connectivity index (χ2n) is 5.70. The molecule has 0 amide bonds. The molecule has 0 radical (unpaired) electrons. The van der Waals surface area contributed by atoms with Gasteiger partial charge in [-0.15, -0.1) is 0 Å². The second kappa shape index (κ2) is 10.0. The lowest BCUT2D eigenvalue weighted by Gasteiger charge is -2.26. The number of methoxy groups -OCH3 is 1. The maximum absolute atomic E-state index is 5.14. The summed E-state index contributed by atoms with van der Waals surface area (Å²) in [6.45, 7) is 7.90. The molecular weight excluding hydrogens is 290 g/mol. The van der Waals surface area contributed by atoms with Crippen LogP contribution in [0.5, 0.6) is 5.88 Å². The summed E-state index contributed by atoms with van der Waals surface area (Å²) in [5, 5.41) is 6.69. The van der Waals surface area contributed by atoms with E-state index < -0.39 is 0 Å². The molecule has 128 valence electrons. The first-order valence-corrected chi connectivity index (χ1v) is 8.56. The third-order valence-electron chi connectivity index (χ3n) is 3.90. The Bertz CT molecular complexity index is 486. The molecule has 6 nitrogen and oxygen atoms in total. The van der Waals surface area contributed by atoms with Crippen LogP contribution in [0.25, 0.3) is 0 Å². The van der Waals surface area contributed by atoms with Gasteiger partial charge in [0.2, 0.25) is 5.88 Å². The molecule has 1 aromatic rings. The lowest BCUT2D eigenvalue weighted by Crippen LogP contribution is -2.42. The highest BCUT2D eigenvalue weighted by atomic mass is 16.5. The van der Waals surface area contributed by atoms with Gasteiger partial charge in [-0.1, -0.05) is 12.5 Å². The Labute approximate surface area is 139 Å². The molecule has 1 fully saturated rings. The molecule has 2 heterocycles. The van der Waals surface area contributed by atoms with E-state index in [1.165, 1.54) is 32.4 Å². The van der Waals surface area contributed by atoms with Crippen LogP contribution in [0.2, 0.25) is 0 Å². The van der Waals surface area contributed by atoms with E-state index in [2.05, 4.69) is 32.4 Å². The Balaban J connectivity index is 1.81. The number of hydrogen-bond acceptors (Lipinski definition) is 4. The van der Waals surface area contributed by atoms with Crippen LogP contribution in [0.15, 0.2) is 23.2 Å². The molecule has 0 bridgehead atoms. The first-order chi connectivity index (χ1) is 11.3. The van der Waals surface area contributed by atoms with Gasteiger partial charge in [-0.2, -0.15) is 0 Å². The summed E-state index contributed by atoms with van der Waals surface area (Å²) in [5.41, 5.74) is 0.901. The molecule has 0 aliphatic carbocycles. The van der Waals surface area contributed by atoms with Crippen LogP contribution in [0.1, 0.15) is 31.9 Å². The smallest absolute Gasteiger partial charge is 0.213 e. The van der Waals surface area contributed by atoms with Crippen LogP contribution in [-0.2, 0) is 6.54 Å². The van der Waals surface area contributed by atoms with Gasteiger partial charge in [0.05, 0.1) is 19.3 Å². The van der Waals surface area contributed by atoms with Gasteiger partial charge in [-0.3, -0.25) is 0 Å². The number of aromatic nitrogens is 1. The minimum absolute atomic E-state index is 0.538. The standard InChI is InChI=1S/C17H29N5O/c1-3-18-17(19-10-13-22-11-5-4-6-12-22)20-14-15-8-7-9-16(21-15)23-2/h7-9H,3-6,10-14H2,1-2H3,(H2,18,19,20). The topological polar surface area (TPSA) is 61.8 Å². The van der Waals surface area contributed by atoms with Crippen LogP contribution in [0.3, 0.4) is 0 Å². The fraction of sp³-hybridized carbons (Fsp3) is 0.647. The molecule has 1 aliphatic rings. The zero-order chi connectivity index (χ0) is 16.3. The predicted molar refractivity (Wildman–Crippen MR) is 93.9 cm³/mol. The second-order valence-corrected chi connectivity index (χ2v) is 5.70. The van der Waals surface area contributed by atoms with E-state index in [0.29, 0.717) is 12.4 Å². The Morgan fingerprint density at radius 3 is 2.83 bits per heavy atom. The van der Waals surface area contributed by atoms with E-state index in [1.54, 1.807) is 7.11 Å². The number of nitrogens with zero attached hydrogens (tertiary/aromatic N) is 3. The van der Waals surface area contributed by atoms with Crippen molar-refractivity contribution in [3.8, 4) is 5.88 Å². The maximum atomic E-state index is 5.14. The Hall–Kier alpha value is -1.82. The fourth-order valence-electron chi connectivity index (χ4n) is 2.68. The highest BCUT2D eigenvalue weighted by Crippen LogP contribution is 2.08. The van der Waals surface area contributed by atoms with Crippen LogP contribution in [-0.4, -0.2) is 55.7 Å². The number of pyridine rings is 1. The number of ether oxygens (including phenoxy) is 1. The maximum Gasteiger partial charge on any atom is 0.213 e. The van der Waals surface area contributed by atoms with Crippen molar-refractivity contribution >= 4 is 5.96 Å². The van der Waals surface area contributed by atoms with E-state index in [1.807, 2.05) is 18.2 Å². The number of likely N-dealkylation sites (tertiary alicyclic amines) is 1. The molecule has 0 saturated carbocycles. The zero-order valence-corrected chi connectivity index (χ0v) is 14.3. The first-order valence-electron chi connectivity index (χ1n) is 8.56. The van der Waals surface area contributed by atoms with Gasteiger partial charge in [-0.25, -0.2) is 9.98 Å². The number of aliphatic imine (C=N–C) groups is 1. The SMILES string of the molecule is CCNC(=NCc1cccc(OC)n1)NCCN1CCCCC1. The van der Waals surface area contributed by atoms with Crippen molar-refractivity contribution in [1.29, 1.82) is 0 Å². The van der Waals surface area contributed by atoms with Crippen molar-refractivity contribution in [2.24, 2.45) is 4.99 Å². The van der Waals surface area contributed by atoms with Gasteiger partial charge < -0.3 is 20.3 Å². The zero-order valence-electron chi connectivity index (χ0n) is 14.3. The van der Waals surface area contributed by atoms with E-state index in [-0.39, 0.29) is 0 Å². The van der Waals surface area contributed by atoms with Gasteiger partial charge in [-0.05, 0) is 38.9 Å². The van der Waals surface area contributed by atoms with Crippen LogP contribution < -0.4 is 15.4 Å². The summed E-state index contributed by atoms with van der Waals surface area (Å²) in [5.74, 6) is 1.47. The number of hydrogen-bond donors (Lipinski definition) is 2. The summed E-state index contributed by atoms with van der Waals surface area (Å²) in [6.07, 6.45) is 4.03. The van der Waals surface area contributed by atoms with Crippen molar-refractivity contribution in [2.75, 3.05) is 39.8 Å². The molecule has 1 aliphatic heterocycles. The minimum atomic E-state index is 0.538. The van der Waals surface area contributed by atoms with Gasteiger partial charge in [0, 0.05) is 25.7 Å². The molecular formula is C17H29N5O. The first kappa shape index (κ1) is 17.5. The van der Waals surface area contributed by atoms with Gasteiger partial charge in [0.1, 0.15) is 0 Å². The van der Waals surface area contributed by atoms with E-state index in [9.17, 15) is 0 Å². The highest BCUT2D eigenvalue weighted by Gasteiger charge is 2.09. The van der Waals surface area contributed by atoms with Crippen molar-refractivity contribution in [3.05, 3.63) is 23.9 Å². The molecule has 6 heteroatoms. The van der Waals surface area contributed by atoms with E-state index in [0.717, 1.165) is 31.3 Å². The predicted octanol–water partition coefficient (Wildman–Crippen LogP) is 1.63. The van der Waals surface area contributed by atoms with Crippen LogP contribution in [0.4, 0.5) is 0 Å². The molecule has 0 spiro atoms. The lowest BCUT2D eigenvalue weighted by molar-refractivity contribution is 0.232. The average molecular weight is 319 g/mol. The van der Waals surface area contributed by atoms with Crippen molar-refractivity contribution in [1.82, 2.24) is 20.5 Å². The molecule has 1 aromatic heterocycles. The minimum Gasteiger partial charge on any atom is -0.481 e. The van der Waals surface area contributed by atoms with Crippen LogP contribution in [0, 0.1) is 0 Å². The fourth-order valence-corrected chi connectivity index (χ4v) is 2.68. The van der Waals surface area contributed by atoms with Crippen molar-refractivity contribution < 1.29 is 4.74 Å². The van der Waals surface area contributed by atoms with Crippen molar-refractivity contribution in [2.45, 2.75) is 32.7 Å². The van der Waals surface area contributed by atoms with Gasteiger partial charge in [0.15, 0.2) is 5.96 Å². The molecule has 23 heavy (non-hydrogen) atoms. The van der Waals surface area contributed by atoms with Crippen LogP contribution >= 0.6 is 0 Å². The summed E-state index contributed by atoms with van der Waals surface area (Å²) >= 11 is 0. The summed E-state index contributed by atoms with van der Waals surface area (Å²) in [6, 6.07) is 5.74. The number of guanidine groups is 1. The number of piperidine rings is 1. The lowest BCUT2D eigenvalue weighted by atomic mass is 10.1. The highest BCUT2D eigenvalue weighted by molar-refractivity contribution is 5.79. The monoisotopic (exact) mass is 319 g/mol. The molecule has 1 saturated heterocycles. The molecule has 0 atom stereocenters. The largest absolute Gasteiger partial charge is 0.481 e. The Morgan fingerprint density at radius 1 is 1.26 bits per heavy atom. The molecule has 0 aromatic carbocycles. The quantitative estimate of drug-likeness (QED) is 0.591. The number of nitrogens with one attached hydrogen (secondary N) is 2.